The largest absolute Gasteiger partial charge is 0.497 e. The molecular weight excluding hydrogens is 332 g/mol. The van der Waals surface area contributed by atoms with Gasteiger partial charge < -0.3 is 14.8 Å². The van der Waals surface area contributed by atoms with Crippen LogP contribution in [0.15, 0.2) is 34.9 Å². The Morgan fingerprint density at radius 1 is 1.19 bits per heavy atom. The fourth-order valence-electron chi connectivity index (χ4n) is 2.69. The third kappa shape index (κ3) is 2.97. The van der Waals surface area contributed by atoms with Gasteiger partial charge in [-0.05, 0) is 46.1 Å². The number of methoxy groups -OCH3 is 2. The lowest BCUT2D eigenvalue weighted by Gasteiger charge is -2.13. The Kier molecular flexibility index (Phi) is 4.01. The number of fused-ring (bicyclic) bond motifs is 1. The number of anilines is 1. The fourth-order valence-corrected chi connectivity index (χ4v) is 3.04. The number of pyridine rings is 1. The minimum Gasteiger partial charge on any atom is -0.497 e. The van der Waals surface area contributed by atoms with Crippen molar-refractivity contribution >= 4 is 21.7 Å². The van der Waals surface area contributed by atoms with Gasteiger partial charge in [-0.1, -0.05) is 0 Å². The maximum Gasteiger partial charge on any atom is 0.129 e. The molecular formula is C16H17BrN2O2. The minimum atomic E-state index is 0.404. The first-order valence-electron chi connectivity index (χ1n) is 6.81. The number of aromatic nitrogens is 1. The summed E-state index contributed by atoms with van der Waals surface area (Å²) in [6, 6.07) is 8.16. The van der Waals surface area contributed by atoms with Crippen LogP contribution in [-0.4, -0.2) is 25.7 Å². The van der Waals surface area contributed by atoms with Crippen molar-refractivity contribution in [2.45, 2.75) is 12.3 Å². The first-order valence-corrected chi connectivity index (χ1v) is 7.60. The number of hydrogen-bond donors (Lipinski definition) is 1. The van der Waals surface area contributed by atoms with Crippen LogP contribution in [0.3, 0.4) is 0 Å². The SMILES string of the molecule is COc1cc(CC2CNc3ncc(Br)cc32)cc(OC)c1. The van der Waals surface area contributed by atoms with Gasteiger partial charge in [0, 0.05) is 34.8 Å². The van der Waals surface area contributed by atoms with E-state index in [-0.39, 0.29) is 0 Å². The van der Waals surface area contributed by atoms with Gasteiger partial charge in [0.05, 0.1) is 14.2 Å². The van der Waals surface area contributed by atoms with Crippen molar-refractivity contribution in [1.29, 1.82) is 0 Å². The Hall–Kier alpha value is -1.75. The van der Waals surface area contributed by atoms with Crippen LogP contribution in [0.1, 0.15) is 17.0 Å². The summed E-state index contributed by atoms with van der Waals surface area (Å²) >= 11 is 3.49. The van der Waals surface area contributed by atoms with Crippen LogP contribution in [0.4, 0.5) is 5.82 Å². The van der Waals surface area contributed by atoms with Gasteiger partial charge >= 0.3 is 0 Å². The highest BCUT2D eigenvalue weighted by atomic mass is 79.9. The predicted molar refractivity (Wildman–Crippen MR) is 86.4 cm³/mol. The summed E-state index contributed by atoms with van der Waals surface area (Å²) in [6.45, 7) is 0.901. The second kappa shape index (κ2) is 5.93. The van der Waals surface area contributed by atoms with E-state index in [0.717, 1.165) is 34.8 Å². The summed E-state index contributed by atoms with van der Waals surface area (Å²) in [5.74, 6) is 3.03. The van der Waals surface area contributed by atoms with Gasteiger partial charge in [0.15, 0.2) is 0 Å². The fraction of sp³-hybridized carbons (Fsp3) is 0.312. The average Bonchev–Trinajstić information content (AvgIpc) is 2.89. The minimum absolute atomic E-state index is 0.404. The van der Waals surface area contributed by atoms with Gasteiger partial charge in [0.2, 0.25) is 0 Å². The van der Waals surface area contributed by atoms with E-state index in [1.165, 1.54) is 11.1 Å². The number of hydrogen-bond acceptors (Lipinski definition) is 4. The molecule has 1 atom stereocenters. The molecule has 0 saturated heterocycles. The molecule has 4 nitrogen and oxygen atoms in total. The smallest absolute Gasteiger partial charge is 0.129 e. The second-order valence-corrected chi connectivity index (χ2v) is 6.01. The average molecular weight is 349 g/mol. The summed E-state index contributed by atoms with van der Waals surface area (Å²) < 4.78 is 11.7. The summed E-state index contributed by atoms with van der Waals surface area (Å²) in [5, 5.41) is 3.36. The Morgan fingerprint density at radius 2 is 1.90 bits per heavy atom. The molecule has 5 heteroatoms. The van der Waals surface area contributed by atoms with Crippen LogP contribution in [0.5, 0.6) is 11.5 Å². The maximum absolute atomic E-state index is 5.33. The molecule has 1 aliphatic rings. The monoisotopic (exact) mass is 348 g/mol. The number of halogens is 1. The lowest BCUT2D eigenvalue weighted by molar-refractivity contribution is 0.393. The van der Waals surface area contributed by atoms with E-state index in [1.807, 2.05) is 12.3 Å². The molecule has 2 heterocycles. The Labute approximate surface area is 132 Å². The van der Waals surface area contributed by atoms with Crippen molar-refractivity contribution in [2.75, 3.05) is 26.1 Å². The molecule has 1 aromatic carbocycles. The van der Waals surface area contributed by atoms with E-state index in [4.69, 9.17) is 9.47 Å². The van der Waals surface area contributed by atoms with Crippen LogP contribution in [0, 0.1) is 0 Å². The topological polar surface area (TPSA) is 43.4 Å². The molecule has 0 aliphatic carbocycles. The van der Waals surface area contributed by atoms with Gasteiger partial charge in [-0.15, -0.1) is 0 Å². The van der Waals surface area contributed by atoms with Crippen LogP contribution in [0.25, 0.3) is 0 Å². The Morgan fingerprint density at radius 3 is 2.57 bits per heavy atom. The third-order valence-electron chi connectivity index (χ3n) is 3.73. The molecule has 110 valence electrons. The van der Waals surface area contributed by atoms with Crippen molar-refractivity contribution in [2.24, 2.45) is 0 Å². The zero-order chi connectivity index (χ0) is 14.8. The predicted octanol–water partition coefficient (Wildman–Crippen LogP) is 3.61. The van der Waals surface area contributed by atoms with E-state index < -0.39 is 0 Å². The zero-order valence-corrected chi connectivity index (χ0v) is 13.6. The van der Waals surface area contributed by atoms with Gasteiger partial charge in [-0.3, -0.25) is 0 Å². The molecule has 21 heavy (non-hydrogen) atoms. The maximum atomic E-state index is 5.33. The van der Waals surface area contributed by atoms with Crippen molar-refractivity contribution < 1.29 is 9.47 Å². The molecule has 1 unspecified atom stereocenters. The molecule has 0 radical (unpaired) electrons. The number of nitrogens with zero attached hydrogens (tertiary/aromatic N) is 1. The van der Waals surface area contributed by atoms with Crippen LogP contribution in [0.2, 0.25) is 0 Å². The lowest BCUT2D eigenvalue weighted by atomic mass is 9.94. The molecule has 1 N–H and O–H groups in total. The molecule has 3 rings (SSSR count). The van der Waals surface area contributed by atoms with Gasteiger partial charge in [0.1, 0.15) is 17.3 Å². The highest BCUT2D eigenvalue weighted by Crippen LogP contribution is 2.35. The van der Waals surface area contributed by atoms with Crippen LogP contribution < -0.4 is 14.8 Å². The lowest BCUT2D eigenvalue weighted by Crippen LogP contribution is -2.06. The second-order valence-electron chi connectivity index (χ2n) is 5.09. The van der Waals surface area contributed by atoms with E-state index in [0.29, 0.717) is 5.92 Å². The molecule has 0 bridgehead atoms. The number of nitrogens with one attached hydrogen (secondary N) is 1. The summed E-state index contributed by atoms with van der Waals surface area (Å²) in [5.41, 5.74) is 2.46. The highest BCUT2D eigenvalue weighted by molar-refractivity contribution is 9.10. The molecule has 1 aromatic heterocycles. The first kappa shape index (κ1) is 14.2. The molecule has 0 spiro atoms. The standard InChI is InChI=1S/C16H17BrN2O2/c1-20-13-4-10(5-14(7-13)21-2)3-11-8-18-16-15(11)6-12(17)9-19-16/h4-7,9,11H,3,8H2,1-2H3,(H,18,19). The molecule has 2 aromatic rings. The van der Waals surface area contributed by atoms with Crippen molar-refractivity contribution in [3.05, 3.63) is 46.1 Å². The van der Waals surface area contributed by atoms with E-state index in [1.54, 1.807) is 14.2 Å². The normalized spacial score (nSPS) is 16.2. The third-order valence-corrected chi connectivity index (χ3v) is 4.17. The summed E-state index contributed by atoms with van der Waals surface area (Å²) in [7, 11) is 3.35. The number of rotatable bonds is 4. The van der Waals surface area contributed by atoms with E-state index >= 15 is 0 Å². The Balaban J connectivity index is 1.87. The molecule has 0 saturated carbocycles. The van der Waals surface area contributed by atoms with Crippen LogP contribution in [-0.2, 0) is 6.42 Å². The van der Waals surface area contributed by atoms with E-state index in [2.05, 4.69) is 44.4 Å². The zero-order valence-electron chi connectivity index (χ0n) is 12.0. The summed E-state index contributed by atoms with van der Waals surface area (Å²) in [6.07, 6.45) is 2.74. The molecule has 1 aliphatic heterocycles. The first-order chi connectivity index (χ1) is 10.2. The molecule has 0 fully saturated rings. The quantitative estimate of drug-likeness (QED) is 0.916. The Bertz CT molecular complexity index is 638. The van der Waals surface area contributed by atoms with Crippen LogP contribution >= 0.6 is 15.9 Å². The van der Waals surface area contributed by atoms with Crippen molar-refractivity contribution in [3.8, 4) is 11.5 Å². The number of benzene rings is 1. The highest BCUT2D eigenvalue weighted by Gasteiger charge is 2.24. The van der Waals surface area contributed by atoms with Gasteiger partial charge in [-0.2, -0.15) is 0 Å². The number of ether oxygens (including phenoxy) is 2. The van der Waals surface area contributed by atoms with Gasteiger partial charge in [0.25, 0.3) is 0 Å². The summed E-state index contributed by atoms with van der Waals surface area (Å²) in [4.78, 5) is 4.41. The van der Waals surface area contributed by atoms with Crippen molar-refractivity contribution in [1.82, 2.24) is 4.98 Å². The van der Waals surface area contributed by atoms with Gasteiger partial charge in [-0.25, -0.2) is 4.98 Å². The van der Waals surface area contributed by atoms with Crippen molar-refractivity contribution in [3.63, 3.8) is 0 Å². The van der Waals surface area contributed by atoms with E-state index in [9.17, 15) is 0 Å². The molecule has 0 amide bonds.